The number of quaternary nitrogens is 1. The highest BCUT2D eigenvalue weighted by atomic mass is 31.2. The fraction of sp³-hybridized carbons (Fsp3) is 0.700. The number of phosphoric ester groups is 1. The number of carbonyl (C=O) groups is 2. The van der Waals surface area contributed by atoms with Crippen molar-refractivity contribution in [2.24, 2.45) is 0 Å². The lowest BCUT2D eigenvalue weighted by Crippen LogP contribution is -2.47. The summed E-state index contributed by atoms with van der Waals surface area (Å²) in [6.45, 7) is 6.54. The van der Waals surface area contributed by atoms with Crippen molar-refractivity contribution in [3.05, 3.63) is 97.2 Å². The number of amides is 1. The Kier molecular flexibility index (Phi) is 47.3. The van der Waals surface area contributed by atoms with Crippen molar-refractivity contribution >= 4 is 19.7 Å². The molecule has 0 aliphatic heterocycles. The zero-order valence-corrected chi connectivity index (χ0v) is 46.6. The molecule has 0 saturated carbocycles. The lowest BCUT2D eigenvalue weighted by molar-refractivity contribution is -0.870. The van der Waals surface area contributed by atoms with Crippen LogP contribution in [0.1, 0.15) is 220 Å². The zero-order chi connectivity index (χ0) is 51.5. The number of rotatable bonds is 49. The summed E-state index contributed by atoms with van der Waals surface area (Å²) in [4.78, 5) is 39.8. The summed E-state index contributed by atoms with van der Waals surface area (Å²) >= 11 is 0. The number of likely N-dealkylation sites (N-methyl/N-ethyl adjacent to an activating group) is 1. The van der Waals surface area contributed by atoms with E-state index in [-0.39, 0.29) is 31.3 Å². The van der Waals surface area contributed by atoms with E-state index in [0.717, 1.165) is 96.3 Å². The van der Waals surface area contributed by atoms with Crippen LogP contribution in [0.5, 0.6) is 0 Å². The summed E-state index contributed by atoms with van der Waals surface area (Å²) in [6.07, 6.45) is 65.1. The van der Waals surface area contributed by atoms with Gasteiger partial charge in [-0.15, -0.1) is 0 Å². The van der Waals surface area contributed by atoms with Crippen molar-refractivity contribution < 1.29 is 37.3 Å². The number of allylic oxidation sites excluding steroid dienone is 15. The minimum absolute atomic E-state index is 0.0356. The largest absolute Gasteiger partial charge is 0.756 e. The molecule has 402 valence electrons. The molecule has 9 nitrogen and oxygen atoms in total. The molecule has 0 aliphatic rings. The number of carbonyl (C=O) groups excluding carboxylic acids is 2. The molecule has 0 aliphatic carbocycles. The molecule has 0 aromatic rings. The predicted molar refractivity (Wildman–Crippen MR) is 297 cm³/mol. The van der Waals surface area contributed by atoms with Crippen molar-refractivity contribution in [1.29, 1.82) is 0 Å². The Morgan fingerprint density at radius 2 is 0.986 bits per heavy atom. The molecule has 3 unspecified atom stereocenters. The van der Waals surface area contributed by atoms with Crippen LogP contribution in [-0.2, 0) is 27.9 Å². The maximum absolute atomic E-state index is 13.5. The van der Waals surface area contributed by atoms with E-state index in [9.17, 15) is 19.0 Å². The Bertz CT molecular complexity index is 1520. The van der Waals surface area contributed by atoms with Gasteiger partial charge < -0.3 is 28.5 Å². The van der Waals surface area contributed by atoms with Crippen molar-refractivity contribution in [2.45, 2.75) is 232 Å². The van der Waals surface area contributed by atoms with Crippen LogP contribution in [0.2, 0.25) is 0 Å². The normalized spacial score (nSPS) is 14.6. The number of ether oxygens (including phenoxy) is 1. The molecule has 0 heterocycles. The first-order valence-electron chi connectivity index (χ1n) is 28.1. The summed E-state index contributed by atoms with van der Waals surface area (Å²) in [5.41, 5.74) is 0. The molecule has 0 fully saturated rings. The van der Waals surface area contributed by atoms with Gasteiger partial charge in [0.15, 0.2) is 0 Å². The number of hydrogen-bond acceptors (Lipinski definition) is 7. The van der Waals surface area contributed by atoms with Gasteiger partial charge in [-0.2, -0.15) is 0 Å². The molecule has 0 aromatic heterocycles. The average molecular weight is 997 g/mol. The van der Waals surface area contributed by atoms with Crippen LogP contribution in [0.15, 0.2) is 97.2 Å². The summed E-state index contributed by atoms with van der Waals surface area (Å²) in [5, 5.41) is 3.00. The van der Waals surface area contributed by atoms with Crippen molar-refractivity contribution in [2.75, 3.05) is 40.9 Å². The molecule has 10 heteroatoms. The van der Waals surface area contributed by atoms with E-state index >= 15 is 0 Å². The number of nitrogens with zero attached hydrogens (tertiary/aromatic N) is 1. The van der Waals surface area contributed by atoms with Gasteiger partial charge in [-0.05, 0) is 89.5 Å². The molecule has 0 aromatic carbocycles. The molecule has 70 heavy (non-hydrogen) atoms. The smallest absolute Gasteiger partial charge is 0.306 e. The molecule has 3 atom stereocenters. The van der Waals surface area contributed by atoms with Crippen molar-refractivity contribution in [3.8, 4) is 0 Å². The molecular formula is C60H105N2O7P. The summed E-state index contributed by atoms with van der Waals surface area (Å²) in [5.74, 6) is -0.598. The van der Waals surface area contributed by atoms with Crippen LogP contribution >= 0.6 is 7.82 Å². The molecule has 0 bridgehead atoms. The Morgan fingerprint density at radius 1 is 0.529 bits per heavy atom. The second-order valence-corrected chi connectivity index (χ2v) is 21.1. The van der Waals surface area contributed by atoms with E-state index in [0.29, 0.717) is 23.9 Å². The third-order valence-corrected chi connectivity index (χ3v) is 12.8. The quantitative estimate of drug-likeness (QED) is 0.0161. The first kappa shape index (κ1) is 66.9. The second kappa shape index (κ2) is 49.5. The van der Waals surface area contributed by atoms with Gasteiger partial charge in [0.25, 0.3) is 7.82 Å². The first-order valence-corrected chi connectivity index (χ1v) is 29.5. The van der Waals surface area contributed by atoms with E-state index in [1.54, 1.807) is 0 Å². The van der Waals surface area contributed by atoms with Gasteiger partial charge >= 0.3 is 5.97 Å². The molecule has 0 radical (unpaired) electrons. The first-order chi connectivity index (χ1) is 33.9. The van der Waals surface area contributed by atoms with E-state index in [1.807, 2.05) is 33.3 Å². The lowest BCUT2D eigenvalue weighted by atomic mass is 10.0. The van der Waals surface area contributed by atoms with Crippen LogP contribution in [-0.4, -0.2) is 69.4 Å². The molecule has 1 N–H and O–H groups in total. The van der Waals surface area contributed by atoms with Gasteiger partial charge in [-0.1, -0.05) is 215 Å². The van der Waals surface area contributed by atoms with E-state index < -0.39 is 26.6 Å². The Labute approximate surface area is 430 Å². The number of hydrogen-bond donors (Lipinski definition) is 1. The lowest BCUT2D eigenvalue weighted by Gasteiger charge is -2.30. The van der Waals surface area contributed by atoms with Gasteiger partial charge in [0.05, 0.1) is 33.8 Å². The number of unbranched alkanes of at least 4 members (excludes halogenated alkanes) is 21. The molecule has 0 rings (SSSR count). The van der Waals surface area contributed by atoms with Crippen LogP contribution in [0.3, 0.4) is 0 Å². The minimum atomic E-state index is -4.71. The summed E-state index contributed by atoms with van der Waals surface area (Å²) in [6, 6.07) is -0.914. The van der Waals surface area contributed by atoms with E-state index in [2.05, 4.69) is 111 Å². The highest BCUT2D eigenvalue weighted by molar-refractivity contribution is 7.45. The van der Waals surface area contributed by atoms with Crippen LogP contribution < -0.4 is 10.2 Å². The van der Waals surface area contributed by atoms with Crippen LogP contribution in [0, 0.1) is 0 Å². The van der Waals surface area contributed by atoms with Crippen LogP contribution in [0.25, 0.3) is 0 Å². The second-order valence-electron chi connectivity index (χ2n) is 19.7. The number of nitrogens with one attached hydrogen (secondary N) is 1. The topological polar surface area (TPSA) is 114 Å². The fourth-order valence-electron chi connectivity index (χ4n) is 7.51. The fourth-order valence-corrected chi connectivity index (χ4v) is 8.23. The third-order valence-electron chi connectivity index (χ3n) is 11.8. The van der Waals surface area contributed by atoms with Gasteiger partial charge in [0, 0.05) is 12.8 Å². The van der Waals surface area contributed by atoms with Gasteiger partial charge in [-0.25, -0.2) is 0 Å². The SMILES string of the molecule is CC/C=C/C=C/C=C/CCCCCCCCCC(=O)OC(/C=C/CCCCCCCCCCCCC)C(COP(=O)([O-])OCC[N+](C)(C)C)NC(=O)CCCCC/C=C/C/C=C/C/C=C/C/C=C/CC. The Balaban J connectivity index is 5.47. The Morgan fingerprint density at radius 3 is 1.54 bits per heavy atom. The van der Waals surface area contributed by atoms with Gasteiger partial charge in [-0.3, -0.25) is 14.2 Å². The number of phosphoric acid groups is 1. The monoisotopic (exact) mass is 997 g/mol. The molecule has 1 amide bonds. The number of esters is 1. The highest BCUT2D eigenvalue weighted by Gasteiger charge is 2.27. The zero-order valence-electron chi connectivity index (χ0n) is 45.7. The summed E-state index contributed by atoms with van der Waals surface area (Å²) in [7, 11) is 1.14. The van der Waals surface area contributed by atoms with E-state index in [1.165, 1.54) is 77.0 Å². The highest BCUT2D eigenvalue weighted by Crippen LogP contribution is 2.38. The predicted octanol–water partition coefficient (Wildman–Crippen LogP) is 16.2. The van der Waals surface area contributed by atoms with E-state index in [4.69, 9.17) is 13.8 Å². The maximum Gasteiger partial charge on any atom is 0.306 e. The molecule has 0 spiro atoms. The Hall–Kier alpha value is -3.07. The molecule has 0 saturated heterocycles. The minimum Gasteiger partial charge on any atom is -0.756 e. The van der Waals surface area contributed by atoms with Gasteiger partial charge in [0.2, 0.25) is 5.91 Å². The third kappa shape index (κ3) is 49.9. The molecular weight excluding hydrogens is 892 g/mol. The standard InChI is InChI=1S/C60H105N2O7P/c1-7-10-13-16-19-22-25-28-30-32-34-37-40-43-46-49-52-59(63)61-57(56-68-70(65,66)67-55-54-62(4,5)6)58(51-48-45-42-39-36-33-27-24-21-18-15-12-9-3)69-60(64)53-50-47-44-41-38-35-31-29-26-23-20-17-14-11-8-2/h10-11,13-14,17,19-20,22-23,26,28,30,34,37,48,51,57-58H,7-9,12,15-16,18,21,24-25,27,29,31-33,35-36,38-47,49-50,52-56H2,1-6H3,(H-,61,63,65,66)/b13-10+,14-11+,20-17+,22-19+,26-23+,30-28+,37-34+,51-48+. The average Bonchev–Trinajstić information content (AvgIpc) is 3.32. The van der Waals surface area contributed by atoms with Crippen LogP contribution in [0.4, 0.5) is 0 Å². The van der Waals surface area contributed by atoms with Crippen molar-refractivity contribution in [1.82, 2.24) is 5.32 Å². The van der Waals surface area contributed by atoms with Gasteiger partial charge in [0.1, 0.15) is 19.3 Å². The van der Waals surface area contributed by atoms with Crippen molar-refractivity contribution in [3.63, 3.8) is 0 Å². The maximum atomic E-state index is 13.5. The summed E-state index contributed by atoms with van der Waals surface area (Å²) < 4.78 is 30.2.